The molecule has 1 aliphatic rings. The second kappa shape index (κ2) is 8.37. The van der Waals surface area contributed by atoms with Crippen LogP contribution in [0.1, 0.15) is 22.8 Å². The van der Waals surface area contributed by atoms with E-state index in [1.54, 1.807) is 0 Å². The van der Waals surface area contributed by atoms with Crippen LogP contribution in [0.4, 0.5) is 0 Å². The first-order valence-electron chi connectivity index (χ1n) is 8.64. The van der Waals surface area contributed by atoms with Gasteiger partial charge in [0.1, 0.15) is 5.75 Å². The SMILES string of the molecule is CCOc1ccc(C(=O)N2CCN(Cc3ccc(Cl)cc3)CC2)cc1. The van der Waals surface area contributed by atoms with E-state index in [0.717, 1.165) is 49.1 Å². The average molecular weight is 359 g/mol. The van der Waals surface area contributed by atoms with Gasteiger partial charge in [0, 0.05) is 43.3 Å². The molecule has 0 bridgehead atoms. The number of carbonyl (C=O) groups excluding carboxylic acids is 1. The van der Waals surface area contributed by atoms with E-state index < -0.39 is 0 Å². The zero-order valence-electron chi connectivity index (χ0n) is 14.5. The smallest absolute Gasteiger partial charge is 0.253 e. The van der Waals surface area contributed by atoms with Crippen LogP contribution >= 0.6 is 11.6 Å². The largest absolute Gasteiger partial charge is 0.494 e. The summed E-state index contributed by atoms with van der Waals surface area (Å²) < 4.78 is 5.42. The lowest BCUT2D eigenvalue weighted by molar-refractivity contribution is 0.0628. The third kappa shape index (κ3) is 4.74. The van der Waals surface area contributed by atoms with E-state index in [1.165, 1.54) is 5.56 Å². The Morgan fingerprint density at radius 1 is 1.00 bits per heavy atom. The van der Waals surface area contributed by atoms with E-state index in [1.807, 2.05) is 48.2 Å². The number of piperazine rings is 1. The Morgan fingerprint density at radius 2 is 1.64 bits per heavy atom. The molecule has 0 radical (unpaired) electrons. The van der Waals surface area contributed by atoms with Gasteiger partial charge in [0.05, 0.1) is 6.61 Å². The Morgan fingerprint density at radius 3 is 2.24 bits per heavy atom. The van der Waals surface area contributed by atoms with Crippen LogP contribution in [0, 0.1) is 0 Å². The van der Waals surface area contributed by atoms with Gasteiger partial charge >= 0.3 is 0 Å². The van der Waals surface area contributed by atoms with Gasteiger partial charge in [-0.1, -0.05) is 23.7 Å². The molecule has 0 atom stereocenters. The highest BCUT2D eigenvalue weighted by molar-refractivity contribution is 6.30. The Hall–Kier alpha value is -2.04. The molecule has 0 spiro atoms. The molecule has 1 fully saturated rings. The lowest BCUT2D eigenvalue weighted by atomic mass is 10.1. The molecule has 2 aromatic rings. The minimum atomic E-state index is 0.0918. The molecule has 4 nitrogen and oxygen atoms in total. The molecule has 1 saturated heterocycles. The summed E-state index contributed by atoms with van der Waals surface area (Å²) in [5.74, 6) is 0.890. The van der Waals surface area contributed by atoms with Crippen LogP contribution in [0.25, 0.3) is 0 Å². The minimum absolute atomic E-state index is 0.0918. The number of nitrogens with zero attached hydrogens (tertiary/aromatic N) is 2. The van der Waals surface area contributed by atoms with E-state index in [-0.39, 0.29) is 5.91 Å². The average Bonchev–Trinajstić information content (AvgIpc) is 2.65. The second-order valence-corrected chi connectivity index (χ2v) is 6.59. The number of hydrogen-bond acceptors (Lipinski definition) is 3. The first kappa shape index (κ1) is 17.8. The molecule has 132 valence electrons. The summed E-state index contributed by atoms with van der Waals surface area (Å²) in [6.45, 7) is 6.73. The van der Waals surface area contributed by atoms with Crippen LogP contribution in [-0.4, -0.2) is 48.5 Å². The zero-order chi connectivity index (χ0) is 17.6. The van der Waals surface area contributed by atoms with Gasteiger partial charge in [-0.05, 0) is 48.9 Å². The molecule has 0 N–H and O–H groups in total. The van der Waals surface area contributed by atoms with Crippen molar-refractivity contribution in [1.82, 2.24) is 9.80 Å². The number of rotatable bonds is 5. The van der Waals surface area contributed by atoms with Crippen molar-refractivity contribution in [3.63, 3.8) is 0 Å². The van der Waals surface area contributed by atoms with Crippen molar-refractivity contribution in [3.05, 3.63) is 64.7 Å². The van der Waals surface area contributed by atoms with Gasteiger partial charge in [-0.15, -0.1) is 0 Å². The summed E-state index contributed by atoms with van der Waals surface area (Å²) in [5, 5.41) is 0.759. The first-order valence-corrected chi connectivity index (χ1v) is 9.02. The number of ether oxygens (including phenoxy) is 1. The monoisotopic (exact) mass is 358 g/mol. The number of amides is 1. The molecule has 0 saturated carbocycles. The quantitative estimate of drug-likeness (QED) is 0.817. The van der Waals surface area contributed by atoms with Crippen molar-refractivity contribution in [3.8, 4) is 5.75 Å². The predicted molar refractivity (Wildman–Crippen MR) is 100 cm³/mol. The molecule has 1 amide bonds. The number of halogens is 1. The molecule has 3 rings (SSSR count). The summed E-state index contributed by atoms with van der Waals surface area (Å²) >= 11 is 5.93. The first-order chi connectivity index (χ1) is 12.2. The van der Waals surface area contributed by atoms with Gasteiger partial charge in [0.2, 0.25) is 0 Å². The minimum Gasteiger partial charge on any atom is -0.494 e. The van der Waals surface area contributed by atoms with Crippen LogP contribution in [0.5, 0.6) is 5.75 Å². The van der Waals surface area contributed by atoms with E-state index in [0.29, 0.717) is 6.61 Å². The normalized spacial score (nSPS) is 15.2. The highest BCUT2D eigenvalue weighted by Crippen LogP contribution is 2.16. The fourth-order valence-electron chi connectivity index (χ4n) is 3.00. The van der Waals surface area contributed by atoms with E-state index in [9.17, 15) is 4.79 Å². The maximum absolute atomic E-state index is 12.6. The molecular formula is C20H23ClN2O2. The number of carbonyl (C=O) groups is 1. The van der Waals surface area contributed by atoms with Gasteiger partial charge in [0.25, 0.3) is 5.91 Å². The fourth-order valence-corrected chi connectivity index (χ4v) is 3.13. The molecule has 0 aliphatic carbocycles. The third-order valence-corrected chi connectivity index (χ3v) is 4.64. The summed E-state index contributed by atoms with van der Waals surface area (Å²) in [5.41, 5.74) is 1.96. The summed E-state index contributed by atoms with van der Waals surface area (Å²) in [7, 11) is 0. The van der Waals surface area contributed by atoms with E-state index in [2.05, 4.69) is 17.0 Å². The van der Waals surface area contributed by atoms with Crippen LogP contribution < -0.4 is 4.74 Å². The molecule has 0 aromatic heterocycles. The molecule has 1 aliphatic heterocycles. The van der Waals surface area contributed by atoms with Gasteiger partial charge < -0.3 is 9.64 Å². The lowest BCUT2D eigenvalue weighted by Gasteiger charge is -2.34. The Bertz CT molecular complexity index is 693. The van der Waals surface area contributed by atoms with Crippen LogP contribution in [-0.2, 0) is 6.54 Å². The van der Waals surface area contributed by atoms with Gasteiger partial charge in [-0.2, -0.15) is 0 Å². The molecular weight excluding hydrogens is 336 g/mol. The lowest BCUT2D eigenvalue weighted by Crippen LogP contribution is -2.48. The van der Waals surface area contributed by atoms with Crippen molar-refractivity contribution >= 4 is 17.5 Å². The van der Waals surface area contributed by atoms with Crippen molar-refractivity contribution in [2.45, 2.75) is 13.5 Å². The number of hydrogen-bond donors (Lipinski definition) is 0. The predicted octanol–water partition coefficient (Wildman–Crippen LogP) is 3.70. The van der Waals surface area contributed by atoms with Crippen molar-refractivity contribution < 1.29 is 9.53 Å². The summed E-state index contributed by atoms with van der Waals surface area (Å²) in [4.78, 5) is 16.9. The molecule has 1 heterocycles. The van der Waals surface area contributed by atoms with Gasteiger partial charge in [-0.25, -0.2) is 0 Å². The van der Waals surface area contributed by atoms with Crippen molar-refractivity contribution in [2.24, 2.45) is 0 Å². The van der Waals surface area contributed by atoms with Gasteiger partial charge in [0.15, 0.2) is 0 Å². The standard InChI is InChI=1S/C20H23ClN2O2/c1-2-25-19-9-5-17(6-10-19)20(24)23-13-11-22(12-14-23)15-16-3-7-18(21)8-4-16/h3-10H,2,11-15H2,1H3. The molecule has 0 unspecified atom stereocenters. The fraction of sp³-hybridized carbons (Fsp3) is 0.350. The third-order valence-electron chi connectivity index (χ3n) is 4.39. The van der Waals surface area contributed by atoms with Gasteiger partial charge in [-0.3, -0.25) is 9.69 Å². The van der Waals surface area contributed by atoms with Crippen molar-refractivity contribution in [2.75, 3.05) is 32.8 Å². The van der Waals surface area contributed by atoms with E-state index >= 15 is 0 Å². The molecule has 5 heteroatoms. The van der Waals surface area contributed by atoms with Crippen LogP contribution in [0.3, 0.4) is 0 Å². The summed E-state index contributed by atoms with van der Waals surface area (Å²) in [6, 6.07) is 15.3. The zero-order valence-corrected chi connectivity index (χ0v) is 15.2. The topological polar surface area (TPSA) is 32.8 Å². The summed E-state index contributed by atoms with van der Waals surface area (Å²) in [6.07, 6.45) is 0. The van der Waals surface area contributed by atoms with Crippen molar-refractivity contribution in [1.29, 1.82) is 0 Å². The van der Waals surface area contributed by atoms with Crippen LogP contribution in [0.2, 0.25) is 5.02 Å². The highest BCUT2D eigenvalue weighted by Gasteiger charge is 2.22. The molecule has 2 aromatic carbocycles. The van der Waals surface area contributed by atoms with Crippen LogP contribution in [0.15, 0.2) is 48.5 Å². The van der Waals surface area contributed by atoms with E-state index in [4.69, 9.17) is 16.3 Å². The Balaban J connectivity index is 1.52. The Labute approximate surface area is 154 Å². The highest BCUT2D eigenvalue weighted by atomic mass is 35.5. The maximum atomic E-state index is 12.6. The second-order valence-electron chi connectivity index (χ2n) is 6.15. The molecule has 25 heavy (non-hydrogen) atoms. The number of benzene rings is 2. The maximum Gasteiger partial charge on any atom is 0.253 e. The Kier molecular flexibility index (Phi) is 5.95.